The topological polar surface area (TPSA) is 115 Å². The first-order valence-corrected chi connectivity index (χ1v) is 10.8. The Morgan fingerprint density at radius 1 is 1.23 bits per heavy atom. The Balaban J connectivity index is 1.60. The van der Waals surface area contributed by atoms with Gasteiger partial charge in [-0.15, -0.1) is 0 Å². The lowest BCUT2D eigenvalue weighted by molar-refractivity contribution is -1.25. The van der Waals surface area contributed by atoms with Crippen molar-refractivity contribution in [3.63, 3.8) is 0 Å². The zero-order valence-electron chi connectivity index (χ0n) is 16.9. The Kier molecular flexibility index (Phi) is 5.48. The number of anilines is 1. The van der Waals surface area contributed by atoms with Gasteiger partial charge in [0.2, 0.25) is 6.04 Å². The number of carbonyl (C=O) groups excluding carboxylic acids is 1. The number of hydrogen-bond donors (Lipinski definition) is 4. The van der Waals surface area contributed by atoms with Gasteiger partial charge < -0.3 is 10.1 Å². The molecule has 0 aromatic heterocycles. The van der Waals surface area contributed by atoms with E-state index >= 15 is 0 Å². The Morgan fingerprint density at radius 2 is 1.84 bits per heavy atom. The van der Waals surface area contributed by atoms with Gasteiger partial charge in [0.05, 0.1) is 22.0 Å². The number of rotatable bonds is 6. The van der Waals surface area contributed by atoms with Crippen LogP contribution >= 0.6 is 9.24 Å². The van der Waals surface area contributed by atoms with Gasteiger partial charge in [-0.2, -0.15) is 29.9 Å². The summed E-state index contributed by atoms with van der Waals surface area (Å²) in [5.74, 6) is -0.574. The number of nitrogens with one attached hydrogen (secondary N) is 2. The summed E-state index contributed by atoms with van der Waals surface area (Å²) >= 11 is 0. The molecule has 4 aliphatic rings. The van der Waals surface area contributed by atoms with Crippen molar-refractivity contribution >= 4 is 20.8 Å². The predicted octanol–water partition coefficient (Wildman–Crippen LogP) is 3.28. The van der Waals surface area contributed by atoms with E-state index in [1.54, 1.807) is 0 Å². The third kappa shape index (κ3) is 4.26. The molecular weight excluding hydrogens is 429 g/mol. The van der Waals surface area contributed by atoms with E-state index in [2.05, 4.69) is 16.8 Å². The third-order valence-corrected chi connectivity index (χ3v) is 7.26. The minimum Gasteiger partial charge on any atom is -0.368 e. The number of hydroxylamine groups is 2. The smallest absolute Gasteiger partial charge is 0.283 e. The molecule has 0 radical (unpaired) electrons. The van der Waals surface area contributed by atoms with Crippen LogP contribution in [0.25, 0.3) is 0 Å². The van der Waals surface area contributed by atoms with Gasteiger partial charge in [0.1, 0.15) is 18.9 Å². The molecule has 4 fully saturated rings. The van der Waals surface area contributed by atoms with Gasteiger partial charge in [-0.1, -0.05) is 15.3 Å². The number of halogens is 2. The lowest BCUT2D eigenvalue weighted by Gasteiger charge is -2.50. The highest BCUT2D eigenvalue weighted by Gasteiger charge is 2.50. The summed E-state index contributed by atoms with van der Waals surface area (Å²) in [5, 5.41) is 33.0. The number of fused-ring (bicyclic) bond motifs is 3. The molecule has 2 bridgehead atoms. The van der Waals surface area contributed by atoms with Crippen molar-refractivity contribution in [3.05, 3.63) is 29.3 Å². The second-order valence-corrected chi connectivity index (χ2v) is 9.69. The molecule has 1 saturated heterocycles. The fourth-order valence-corrected chi connectivity index (χ4v) is 4.77. The Hall–Kier alpha value is -1.89. The quantitative estimate of drug-likeness (QED) is 0.297. The second-order valence-electron chi connectivity index (χ2n) is 8.96. The van der Waals surface area contributed by atoms with Crippen LogP contribution in [0.3, 0.4) is 0 Å². The molecule has 3 saturated carbocycles. The average Bonchev–Trinajstić information content (AvgIpc) is 2.66. The van der Waals surface area contributed by atoms with E-state index in [-0.39, 0.29) is 35.4 Å². The van der Waals surface area contributed by atoms with Gasteiger partial charge in [-0.05, 0) is 50.7 Å². The number of hydrogen-bond acceptors (Lipinski definition) is 6. The summed E-state index contributed by atoms with van der Waals surface area (Å²) in [5.41, 5.74) is -2.09. The molecule has 168 valence electrons. The lowest BCUT2D eigenvalue weighted by atomic mass is 9.58. The molecule has 5 rings (SSSR count). The third-order valence-electron chi connectivity index (χ3n) is 6.93. The zero-order valence-corrected chi connectivity index (χ0v) is 18.1. The van der Waals surface area contributed by atoms with Gasteiger partial charge in [-0.3, -0.25) is 4.79 Å². The molecule has 4 N–H and O–H groups in total. The first-order chi connectivity index (χ1) is 14.5. The number of nitrogens with zero attached hydrogens (tertiary/aromatic N) is 2. The minimum absolute atomic E-state index is 0.0155. The highest BCUT2D eigenvalue weighted by Crippen LogP contribution is 2.52. The van der Waals surface area contributed by atoms with Crippen molar-refractivity contribution in [3.8, 4) is 6.07 Å². The SMILES string of the molecule is N#CC12CCC(NC(=O)c3cc(C(F)(F)P)ccc3N[N+](O)(O)C3COC3)(CC1)CC2. The highest BCUT2D eigenvalue weighted by atomic mass is 31.0. The number of alkyl halides is 2. The van der Waals surface area contributed by atoms with Gasteiger partial charge >= 0.3 is 0 Å². The Labute approximate surface area is 180 Å². The average molecular weight is 455 g/mol. The second kappa shape index (κ2) is 7.61. The van der Waals surface area contributed by atoms with E-state index in [0.717, 1.165) is 12.1 Å². The maximum absolute atomic E-state index is 13.9. The van der Waals surface area contributed by atoms with Crippen LogP contribution in [0.5, 0.6) is 0 Å². The van der Waals surface area contributed by atoms with E-state index in [0.29, 0.717) is 38.5 Å². The molecule has 1 unspecified atom stereocenters. The molecule has 1 aliphatic heterocycles. The van der Waals surface area contributed by atoms with Crippen LogP contribution in [0.15, 0.2) is 18.2 Å². The molecular formula is C20H26F2N4O4P+. The van der Waals surface area contributed by atoms with E-state index in [1.165, 1.54) is 15.3 Å². The molecule has 11 heteroatoms. The van der Waals surface area contributed by atoms with E-state index in [1.807, 2.05) is 0 Å². The Bertz CT molecular complexity index is 902. The molecule has 1 amide bonds. The maximum Gasteiger partial charge on any atom is 0.283 e. The number of quaternary nitrogens is 1. The van der Waals surface area contributed by atoms with Crippen molar-refractivity contribution < 1.29 is 33.6 Å². The normalized spacial score (nSPS) is 28.5. The highest BCUT2D eigenvalue weighted by molar-refractivity contribution is 7.17. The number of benzene rings is 1. The van der Waals surface area contributed by atoms with Gasteiger partial charge in [-0.25, -0.2) is 0 Å². The van der Waals surface area contributed by atoms with Crippen molar-refractivity contribution in [1.29, 1.82) is 5.26 Å². The molecule has 31 heavy (non-hydrogen) atoms. The summed E-state index contributed by atoms with van der Waals surface area (Å²) < 4.78 is 32.8. The first-order valence-electron chi connectivity index (χ1n) is 10.2. The fraction of sp³-hybridized carbons (Fsp3) is 0.600. The van der Waals surface area contributed by atoms with Gasteiger partial charge in [0, 0.05) is 11.1 Å². The van der Waals surface area contributed by atoms with Crippen LogP contribution in [-0.2, 0) is 10.4 Å². The first kappa shape index (κ1) is 22.3. The van der Waals surface area contributed by atoms with E-state index in [4.69, 9.17) is 4.74 Å². The molecule has 1 aromatic rings. The molecule has 8 nitrogen and oxygen atoms in total. The predicted molar refractivity (Wildman–Crippen MR) is 108 cm³/mol. The van der Waals surface area contributed by atoms with Crippen LogP contribution in [0.4, 0.5) is 14.5 Å². The number of nitriles is 1. The zero-order chi connectivity index (χ0) is 22.5. The number of ether oxygens (including phenoxy) is 1. The summed E-state index contributed by atoms with van der Waals surface area (Å²) in [6.45, 7) is 0.208. The summed E-state index contributed by atoms with van der Waals surface area (Å²) in [6, 6.07) is 5.16. The molecule has 1 aromatic carbocycles. The fourth-order valence-electron chi connectivity index (χ4n) is 4.59. The Morgan fingerprint density at radius 3 is 2.32 bits per heavy atom. The van der Waals surface area contributed by atoms with Crippen molar-refractivity contribution in [2.75, 3.05) is 18.6 Å². The van der Waals surface area contributed by atoms with Crippen LogP contribution in [-0.4, -0.2) is 46.0 Å². The van der Waals surface area contributed by atoms with Crippen molar-refractivity contribution in [2.24, 2.45) is 5.41 Å². The molecule has 3 aliphatic carbocycles. The van der Waals surface area contributed by atoms with Crippen LogP contribution in [0, 0.1) is 16.7 Å². The summed E-state index contributed by atoms with van der Waals surface area (Å²) in [6.07, 6.45) is 4.00. The van der Waals surface area contributed by atoms with Crippen LogP contribution < -0.4 is 10.7 Å². The summed E-state index contributed by atoms with van der Waals surface area (Å²) in [4.78, 5) is 11.6. The van der Waals surface area contributed by atoms with Crippen molar-refractivity contribution in [2.45, 2.75) is 55.8 Å². The van der Waals surface area contributed by atoms with Gasteiger partial charge in [0.25, 0.3) is 11.6 Å². The number of carbonyl (C=O) groups is 1. The lowest BCUT2D eigenvalue weighted by Crippen LogP contribution is -2.62. The van der Waals surface area contributed by atoms with E-state index < -0.39 is 28.1 Å². The van der Waals surface area contributed by atoms with Crippen molar-refractivity contribution in [1.82, 2.24) is 5.32 Å². The van der Waals surface area contributed by atoms with Gasteiger partial charge in [0.15, 0.2) is 0 Å². The molecule has 1 atom stereocenters. The van der Waals surface area contributed by atoms with Crippen LogP contribution in [0.2, 0.25) is 0 Å². The van der Waals surface area contributed by atoms with Crippen LogP contribution in [0.1, 0.15) is 54.4 Å². The number of amides is 1. The largest absolute Gasteiger partial charge is 0.368 e. The molecule has 1 heterocycles. The maximum atomic E-state index is 13.9. The van der Waals surface area contributed by atoms with E-state index in [9.17, 15) is 29.3 Å². The monoisotopic (exact) mass is 455 g/mol. The summed E-state index contributed by atoms with van der Waals surface area (Å²) in [7, 11) is 1.44. The minimum atomic E-state index is -3.25. The standard InChI is InChI=1S/C20H25F2N4O4P/c21-20(22,31)13-1-2-16(25-26(28,29)14-10-30-11-14)15(9-13)17(27)24-19-6-3-18(12-23,4-7-19)5-8-19/h1-2,9,14,28-29H,3-8,10-11,31H2,(H-,24,25,27)/p+1. The molecule has 0 spiro atoms.